The molecule has 0 radical (unpaired) electrons. The van der Waals surface area contributed by atoms with Crippen LogP contribution in [0.5, 0.6) is 0 Å². The number of nitrogens with zero attached hydrogens (tertiary/aromatic N) is 3. The van der Waals surface area contributed by atoms with Crippen molar-refractivity contribution in [2.24, 2.45) is 5.92 Å². The Bertz CT molecular complexity index is 560. The Morgan fingerprint density at radius 3 is 2.73 bits per heavy atom. The van der Waals surface area contributed by atoms with Crippen molar-refractivity contribution in [1.82, 2.24) is 19.8 Å². The van der Waals surface area contributed by atoms with E-state index < -0.39 is 12.1 Å². The van der Waals surface area contributed by atoms with E-state index in [1.807, 2.05) is 13.8 Å². The molecule has 1 saturated heterocycles. The van der Waals surface area contributed by atoms with Crippen molar-refractivity contribution in [3.8, 4) is 0 Å². The number of imidazole rings is 1. The molecule has 2 rings (SSSR count). The number of likely N-dealkylation sites (N-methyl/N-ethyl adjacent to an activating group) is 1. The van der Waals surface area contributed by atoms with Gasteiger partial charge in [-0.25, -0.2) is 9.78 Å². The second-order valence-corrected chi connectivity index (χ2v) is 6.74. The maximum absolute atomic E-state index is 12.9. The number of aromatic amines is 1. The van der Waals surface area contributed by atoms with E-state index in [0.29, 0.717) is 6.54 Å². The van der Waals surface area contributed by atoms with Crippen LogP contribution >= 0.6 is 15.9 Å². The van der Waals surface area contributed by atoms with Gasteiger partial charge in [-0.1, -0.05) is 13.8 Å². The maximum atomic E-state index is 12.9. The monoisotopic (exact) mass is 372 g/mol. The van der Waals surface area contributed by atoms with Crippen LogP contribution in [0, 0.1) is 5.92 Å². The second-order valence-electron chi connectivity index (χ2n) is 5.89. The van der Waals surface area contributed by atoms with Crippen molar-refractivity contribution in [2.75, 3.05) is 13.6 Å². The molecule has 1 aliphatic heterocycles. The number of nitrogens with one attached hydrogen (secondary N) is 1. The molecule has 2 amide bonds. The van der Waals surface area contributed by atoms with E-state index in [1.54, 1.807) is 11.1 Å². The molecule has 1 fully saturated rings. The van der Waals surface area contributed by atoms with Gasteiger partial charge in [0, 0.05) is 13.6 Å². The summed E-state index contributed by atoms with van der Waals surface area (Å²) in [6.45, 7) is 4.34. The van der Waals surface area contributed by atoms with Gasteiger partial charge < -0.3 is 15.0 Å². The van der Waals surface area contributed by atoms with Crippen LogP contribution in [0.3, 0.4) is 0 Å². The van der Waals surface area contributed by atoms with E-state index in [1.165, 1.54) is 7.05 Å². The zero-order valence-corrected chi connectivity index (χ0v) is 14.5. The minimum Gasteiger partial charge on any atom is -0.465 e. The Labute approximate surface area is 137 Å². The van der Waals surface area contributed by atoms with E-state index in [2.05, 4.69) is 25.9 Å². The number of rotatable bonds is 4. The largest absolute Gasteiger partial charge is 0.465 e. The predicted octanol–water partition coefficient (Wildman–Crippen LogP) is 2.47. The number of carbonyl (C=O) groups excluding carboxylic acids is 1. The third kappa shape index (κ3) is 3.26. The first kappa shape index (κ1) is 16.8. The SMILES string of the molecule is CC(C)C(C(=O)N1CCCC1c1ncc(Br)[nH]1)N(C)C(=O)O. The van der Waals surface area contributed by atoms with Gasteiger partial charge in [0.2, 0.25) is 5.91 Å². The number of carbonyl (C=O) groups is 2. The lowest BCUT2D eigenvalue weighted by atomic mass is 10.0. The molecule has 0 aliphatic carbocycles. The Hall–Kier alpha value is -1.57. The van der Waals surface area contributed by atoms with Gasteiger partial charge in [-0.2, -0.15) is 0 Å². The van der Waals surface area contributed by atoms with Crippen LogP contribution < -0.4 is 0 Å². The van der Waals surface area contributed by atoms with Gasteiger partial charge in [-0.3, -0.25) is 9.69 Å². The first-order chi connectivity index (χ1) is 10.3. The number of H-pyrrole nitrogens is 1. The Morgan fingerprint density at radius 2 is 2.23 bits per heavy atom. The van der Waals surface area contributed by atoms with Crippen molar-refractivity contribution < 1.29 is 14.7 Å². The molecule has 0 spiro atoms. The van der Waals surface area contributed by atoms with E-state index in [-0.39, 0.29) is 17.9 Å². The zero-order chi connectivity index (χ0) is 16.4. The standard InChI is InChI=1S/C14H21BrN4O3/c1-8(2)11(18(3)14(21)22)13(20)19-6-4-5-9(19)12-16-7-10(15)17-12/h7-9,11H,4-6H2,1-3H3,(H,16,17)(H,21,22). The lowest BCUT2D eigenvalue weighted by Gasteiger charge is -2.33. The zero-order valence-electron chi connectivity index (χ0n) is 12.9. The van der Waals surface area contributed by atoms with E-state index in [0.717, 1.165) is 28.2 Å². The predicted molar refractivity (Wildman–Crippen MR) is 84.4 cm³/mol. The highest BCUT2D eigenvalue weighted by atomic mass is 79.9. The van der Waals surface area contributed by atoms with Gasteiger partial charge >= 0.3 is 6.09 Å². The molecular formula is C14H21BrN4O3. The average molecular weight is 373 g/mol. The summed E-state index contributed by atoms with van der Waals surface area (Å²) in [5, 5.41) is 9.21. The summed E-state index contributed by atoms with van der Waals surface area (Å²) in [5.41, 5.74) is 0. The second kappa shape index (κ2) is 6.68. The Kier molecular flexibility index (Phi) is 5.10. The molecule has 1 aliphatic rings. The fraction of sp³-hybridized carbons (Fsp3) is 0.643. The molecule has 0 bridgehead atoms. The number of likely N-dealkylation sites (tertiary alicyclic amines) is 1. The molecule has 1 aromatic rings. The van der Waals surface area contributed by atoms with Crippen molar-refractivity contribution >= 4 is 27.9 Å². The normalized spacial score (nSPS) is 19.5. The number of amides is 2. The van der Waals surface area contributed by atoms with Crippen LogP contribution in [-0.2, 0) is 4.79 Å². The number of hydrogen-bond acceptors (Lipinski definition) is 3. The quantitative estimate of drug-likeness (QED) is 0.849. The Morgan fingerprint density at radius 1 is 1.55 bits per heavy atom. The molecule has 7 nitrogen and oxygen atoms in total. The molecule has 122 valence electrons. The summed E-state index contributed by atoms with van der Waals surface area (Å²) >= 11 is 3.32. The van der Waals surface area contributed by atoms with Crippen molar-refractivity contribution in [3.05, 3.63) is 16.6 Å². The van der Waals surface area contributed by atoms with E-state index in [9.17, 15) is 14.7 Å². The number of aromatic nitrogens is 2. The molecule has 8 heteroatoms. The van der Waals surface area contributed by atoms with Crippen molar-refractivity contribution in [2.45, 2.75) is 38.8 Å². The highest BCUT2D eigenvalue weighted by molar-refractivity contribution is 9.10. The van der Waals surface area contributed by atoms with Crippen LogP contribution in [-0.4, -0.2) is 56.5 Å². The van der Waals surface area contributed by atoms with Crippen LogP contribution in [0.2, 0.25) is 0 Å². The molecule has 1 aromatic heterocycles. The molecule has 0 aromatic carbocycles. The molecule has 2 N–H and O–H groups in total. The fourth-order valence-electron chi connectivity index (χ4n) is 2.98. The van der Waals surface area contributed by atoms with Gasteiger partial charge in [0.1, 0.15) is 16.5 Å². The lowest BCUT2D eigenvalue weighted by Crippen LogP contribution is -2.51. The highest BCUT2D eigenvalue weighted by Gasteiger charge is 2.39. The number of halogens is 1. The average Bonchev–Trinajstić information content (AvgIpc) is 3.06. The smallest absolute Gasteiger partial charge is 0.407 e. The summed E-state index contributed by atoms with van der Waals surface area (Å²) in [6, 6.07) is -0.807. The van der Waals surface area contributed by atoms with Gasteiger partial charge in [0.25, 0.3) is 0 Å². The van der Waals surface area contributed by atoms with E-state index in [4.69, 9.17) is 0 Å². The molecule has 2 heterocycles. The lowest BCUT2D eigenvalue weighted by molar-refractivity contribution is -0.138. The van der Waals surface area contributed by atoms with Crippen molar-refractivity contribution in [3.63, 3.8) is 0 Å². The van der Waals surface area contributed by atoms with Crippen LogP contribution in [0.4, 0.5) is 4.79 Å². The summed E-state index contributed by atoms with van der Waals surface area (Å²) in [5.74, 6) is 0.478. The number of hydrogen-bond donors (Lipinski definition) is 2. The Balaban J connectivity index is 2.23. The van der Waals surface area contributed by atoms with Gasteiger partial charge in [-0.05, 0) is 34.7 Å². The van der Waals surface area contributed by atoms with Gasteiger partial charge in [0.05, 0.1) is 12.2 Å². The molecular weight excluding hydrogens is 352 g/mol. The summed E-state index contributed by atoms with van der Waals surface area (Å²) in [4.78, 5) is 34.4. The van der Waals surface area contributed by atoms with Crippen molar-refractivity contribution in [1.29, 1.82) is 0 Å². The topological polar surface area (TPSA) is 89.5 Å². The molecule has 2 atom stereocenters. The highest BCUT2D eigenvalue weighted by Crippen LogP contribution is 2.32. The molecule has 2 unspecified atom stereocenters. The third-order valence-electron chi connectivity index (χ3n) is 4.02. The molecule has 22 heavy (non-hydrogen) atoms. The van der Waals surface area contributed by atoms with Crippen LogP contribution in [0.25, 0.3) is 0 Å². The maximum Gasteiger partial charge on any atom is 0.407 e. The first-order valence-corrected chi connectivity index (χ1v) is 8.09. The minimum atomic E-state index is -1.09. The van der Waals surface area contributed by atoms with Crippen LogP contribution in [0.15, 0.2) is 10.8 Å². The molecule has 0 saturated carbocycles. The summed E-state index contributed by atoms with van der Waals surface area (Å²) < 4.78 is 0.768. The van der Waals surface area contributed by atoms with Crippen LogP contribution in [0.1, 0.15) is 38.6 Å². The van der Waals surface area contributed by atoms with E-state index >= 15 is 0 Å². The summed E-state index contributed by atoms with van der Waals surface area (Å²) in [7, 11) is 1.44. The minimum absolute atomic E-state index is 0.0989. The first-order valence-electron chi connectivity index (χ1n) is 7.29. The fourth-order valence-corrected chi connectivity index (χ4v) is 3.29. The third-order valence-corrected chi connectivity index (χ3v) is 4.42. The summed E-state index contributed by atoms with van der Waals surface area (Å²) in [6.07, 6.45) is 2.28. The van der Waals surface area contributed by atoms with Gasteiger partial charge in [-0.15, -0.1) is 0 Å². The number of carboxylic acid groups (broad SMARTS) is 1. The van der Waals surface area contributed by atoms with Gasteiger partial charge in [0.15, 0.2) is 0 Å².